The number of halogens is 1. The van der Waals surface area contributed by atoms with E-state index in [1.165, 1.54) is 0 Å². The van der Waals surface area contributed by atoms with Crippen molar-refractivity contribution in [1.82, 2.24) is 9.47 Å². The third-order valence-electron chi connectivity index (χ3n) is 5.32. The summed E-state index contributed by atoms with van der Waals surface area (Å²) in [6, 6.07) is 15.5. The molecule has 5 heteroatoms. The van der Waals surface area contributed by atoms with E-state index in [1.54, 1.807) is 6.08 Å². The summed E-state index contributed by atoms with van der Waals surface area (Å²) in [5.41, 5.74) is 2.70. The van der Waals surface area contributed by atoms with Crippen molar-refractivity contribution in [3.63, 3.8) is 0 Å². The van der Waals surface area contributed by atoms with Crippen molar-refractivity contribution in [3.8, 4) is 0 Å². The van der Waals surface area contributed by atoms with Crippen LogP contribution in [-0.2, 0) is 6.54 Å². The number of allylic oxidation sites excluding steroid dienone is 1. The number of nitrogens with zero attached hydrogens (tertiary/aromatic N) is 2. The van der Waals surface area contributed by atoms with Crippen LogP contribution in [0.25, 0.3) is 17.0 Å². The Hall–Kier alpha value is -2.21. The molecule has 164 valence electrons. The third-order valence-corrected chi connectivity index (χ3v) is 5.85. The lowest BCUT2D eigenvalue weighted by Gasteiger charge is -2.24. The molecule has 3 aromatic rings. The predicted molar refractivity (Wildman–Crippen MR) is 132 cm³/mol. The number of aliphatic hydroxyl groups is 1. The first-order valence-electron chi connectivity index (χ1n) is 11.0. The molecule has 0 unspecified atom stereocenters. The minimum absolute atomic E-state index is 0.0286. The van der Waals surface area contributed by atoms with Crippen LogP contribution in [-0.4, -0.2) is 46.1 Å². The number of rotatable bonds is 11. The molecule has 0 saturated heterocycles. The Balaban J connectivity index is 1.78. The zero-order valence-electron chi connectivity index (χ0n) is 18.3. The molecule has 0 fully saturated rings. The second kappa shape index (κ2) is 11.4. The van der Waals surface area contributed by atoms with Crippen LogP contribution in [0.15, 0.2) is 65.3 Å². The van der Waals surface area contributed by atoms with Crippen molar-refractivity contribution < 1.29 is 9.90 Å². The number of benzene rings is 2. The van der Waals surface area contributed by atoms with E-state index in [1.807, 2.05) is 48.7 Å². The van der Waals surface area contributed by atoms with Crippen molar-refractivity contribution in [2.24, 2.45) is 0 Å². The summed E-state index contributed by atoms with van der Waals surface area (Å²) >= 11 is 3.40. The van der Waals surface area contributed by atoms with E-state index in [0.717, 1.165) is 46.9 Å². The molecule has 0 spiro atoms. The minimum Gasteiger partial charge on any atom is -0.390 e. The summed E-state index contributed by atoms with van der Waals surface area (Å²) in [7, 11) is 0. The van der Waals surface area contributed by atoms with Gasteiger partial charge in [0, 0.05) is 45.8 Å². The van der Waals surface area contributed by atoms with Gasteiger partial charge in [-0.3, -0.25) is 4.79 Å². The van der Waals surface area contributed by atoms with Gasteiger partial charge in [-0.2, -0.15) is 0 Å². The van der Waals surface area contributed by atoms with Crippen LogP contribution in [0.5, 0.6) is 0 Å². The normalized spacial score (nSPS) is 12.8. The highest BCUT2D eigenvalue weighted by Gasteiger charge is 2.14. The molecule has 1 atom stereocenters. The molecule has 0 aliphatic heterocycles. The molecule has 0 saturated carbocycles. The smallest absolute Gasteiger partial charge is 0.185 e. The predicted octanol–water partition coefficient (Wildman–Crippen LogP) is 5.78. The number of fused-ring (bicyclic) bond motifs is 1. The molecule has 2 aromatic carbocycles. The van der Waals surface area contributed by atoms with Crippen LogP contribution in [0.1, 0.15) is 42.6 Å². The molecular formula is C26H31BrN2O2. The van der Waals surface area contributed by atoms with E-state index in [-0.39, 0.29) is 5.78 Å². The summed E-state index contributed by atoms with van der Waals surface area (Å²) in [5.74, 6) is -0.0286. The maximum Gasteiger partial charge on any atom is 0.185 e. The van der Waals surface area contributed by atoms with Crippen LogP contribution < -0.4 is 0 Å². The first-order chi connectivity index (χ1) is 15.0. The van der Waals surface area contributed by atoms with Crippen LogP contribution in [0.4, 0.5) is 0 Å². The van der Waals surface area contributed by atoms with E-state index in [9.17, 15) is 9.90 Å². The number of para-hydroxylation sites is 1. The van der Waals surface area contributed by atoms with Crippen LogP contribution in [0, 0.1) is 0 Å². The van der Waals surface area contributed by atoms with Gasteiger partial charge in [-0.1, -0.05) is 48.0 Å². The average molecular weight is 483 g/mol. The highest BCUT2D eigenvalue weighted by Crippen LogP contribution is 2.23. The largest absolute Gasteiger partial charge is 0.390 e. The number of aliphatic hydroxyl groups excluding tert-OH is 1. The van der Waals surface area contributed by atoms with Gasteiger partial charge in [0.2, 0.25) is 0 Å². The van der Waals surface area contributed by atoms with E-state index in [0.29, 0.717) is 18.7 Å². The lowest BCUT2D eigenvalue weighted by molar-refractivity contribution is 0.0988. The van der Waals surface area contributed by atoms with Crippen molar-refractivity contribution in [2.75, 3.05) is 19.6 Å². The zero-order chi connectivity index (χ0) is 22.2. The van der Waals surface area contributed by atoms with Gasteiger partial charge in [0.05, 0.1) is 6.10 Å². The van der Waals surface area contributed by atoms with E-state index in [4.69, 9.17) is 0 Å². The lowest BCUT2D eigenvalue weighted by Crippen LogP contribution is -2.35. The molecule has 1 heterocycles. The van der Waals surface area contributed by atoms with Crippen LogP contribution in [0.3, 0.4) is 0 Å². The summed E-state index contributed by atoms with van der Waals surface area (Å²) in [6.07, 6.45) is 7.24. The number of hydrogen-bond acceptors (Lipinski definition) is 3. The summed E-state index contributed by atoms with van der Waals surface area (Å²) in [5, 5.41) is 11.8. The topological polar surface area (TPSA) is 45.5 Å². The Kier molecular flexibility index (Phi) is 8.64. The number of carbonyl (C=O) groups is 1. The number of hydrogen-bond donors (Lipinski definition) is 1. The maximum absolute atomic E-state index is 12.5. The standard InChI is InChI=1S/C26H31BrN2O2/c1-3-15-28(16-4-2)18-23(30)19-29-17-21(24-7-5-6-8-25(24)29)11-14-26(31)20-9-12-22(27)13-10-20/h5-14,17,23,30H,3-4,15-16,18-19H2,1-2H3/b14-11-/t23-/m0/s1. The number of ketones is 1. The SMILES string of the molecule is CCCN(CCC)C[C@H](O)Cn1cc(/C=C\C(=O)c2ccc(Br)cc2)c2ccccc21. The molecule has 0 radical (unpaired) electrons. The molecule has 0 aliphatic carbocycles. The van der Waals surface area contributed by atoms with E-state index in [2.05, 4.69) is 51.4 Å². The Morgan fingerprint density at radius 3 is 2.45 bits per heavy atom. The Morgan fingerprint density at radius 1 is 1.10 bits per heavy atom. The third kappa shape index (κ3) is 6.39. The molecule has 0 aliphatic rings. The van der Waals surface area contributed by atoms with E-state index >= 15 is 0 Å². The van der Waals surface area contributed by atoms with Gasteiger partial charge in [-0.05, 0) is 68.4 Å². The van der Waals surface area contributed by atoms with Crippen LogP contribution >= 0.6 is 15.9 Å². The Morgan fingerprint density at radius 2 is 1.77 bits per heavy atom. The molecule has 1 aromatic heterocycles. The first kappa shape index (κ1) is 23.5. The van der Waals surface area contributed by atoms with E-state index < -0.39 is 6.10 Å². The van der Waals surface area contributed by atoms with Gasteiger partial charge in [0.15, 0.2) is 5.78 Å². The second-order valence-electron chi connectivity index (χ2n) is 7.91. The van der Waals surface area contributed by atoms with Crippen LogP contribution in [0.2, 0.25) is 0 Å². The fourth-order valence-electron chi connectivity index (χ4n) is 3.94. The molecule has 4 nitrogen and oxygen atoms in total. The van der Waals surface area contributed by atoms with Gasteiger partial charge < -0.3 is 14.6 Å². The van der Waals surface area contributed by atoms with Gasteiger partial charge in [0.25, 0.3) is 0 Å². The molecule has 3 rings (SSSR count). The number of carbonyl (C=O) groups excluding carboxylic acids is 1. The monoisotopic (exact) mass is 482 g/mol. The van der Waals surface area contributed by atoms with Crippen molar-refractivity contribution in [1.29, 1.82) is 0 Å². The van der Waals surface area contributed by atoms with Crippen molar-refractivity contribution in [3.05, 3.63) is 76.4 Å². The Bertz CT molecular complexity index is 1020. The van der Waals surface area contributed by atoms with Gasteiger partial charge in [-0.25, -0.2) is 0 Å². The summed E-state index contributed by atoms with van der Waals surface area (Å²) in [4.78, 5) is 14.9. The summed E-state index contributed by atoms with van der Waals surface area (Å²) < 4.78 is 3.05. The van der Waals surface area contributed by atoms with Gasteiger partial charge in [0.1, 0.15) is 0 Å². The first-order valence-corrected chi connectivity index (χ1v) is 11.8. The fourth-order valence-corrected chi connectivity index (χ4v) is 4.21. The lowest BCUT2D eigenvalue weighted by atomic mass is 10.1. The summed E-state index contributed by atoms with van der Waals surface area (Å²) in [6.45, 7) is 7.54. The van der Waals surface area contributed by atoms with Gasteiger partial charge in [-0.15, -0.1) is 0 Å². The zero-order valence-corrected chi connectivity index (χ0v) is 19.9. The quantitative estimate of drug-likeness (QED) is 0.278. The fraction of sp³-hybridized carbons (Fsp3) is 0.346. The molecule has 0 amide bonds. The second-order valence-corrected chi connectivity index (χ2v) is 8.83. The number of aromatic nitrogens is 1. The van der Waals surface area contributed by atoms with Crippen molar-refractivity contribution >= 4 is 38.7 Å². The Labute approximate surface area is 193 Å². The van der Waals surface area contributed by atoms with Crippen molar-refractivity contribution in [2.45, 2.75) is 39.3 Å². The highest BCUT2D eigenvalue weighted by atomic mass is 79.9. The average Bonchev–Trinajstić information content (AvgIpc) is 3.10. The van der Waals surface area contributed by atoms with Gasteiger partial charge >= 0.3 is 0 Å². The molecule has 0 bridgehead atoms. The molecule has 1 N–H and O–H groups in total. The molecular weight excluding hydrogens is 452 g/mol. The molecule has 31 heavy (non-hydrogen) atoms. The maximum atomic E-state index is 12.5. The highest BCUT2D eigenvalue weighted by molar-refractivity contribution is 9.10. The minimum atomic E-state index is -0.449.